The smallest absolute Gasteiger partial charge is 0.413 e. The van der Waals surface area contributed by atoms with Crippen LogP contribution in [0.1, 0.15) is 46.9 Å². The normalized spacial score (nSPS) is 10.1. The highest BCUT2D eigenvalue weighted by molar-refractivity contribution is 7.14. The van der Waals surface area contributed by atoms with E-state index in [1.165, 1.54) is 17.4 Å². The number of rotatable bonds is 8. The first-order valence-corrected chi connectivity index (χ1v) is 9.44. The first-order valence-electron chi connectivity index (χ1n) is 8.56. The lowest BCUT2D eigenvalue weighted by Crippen LogP contribution is -2.30. The lowest BCUT2D eigenvalue weighted by atomic mass is 10.2. The SMILES string of the molecule is CCCCCOc1cccc(C(=O)Nc2sccc2C(=O)NC(=O)OC)c1. The van der Waals surface area contributed by atoms with Gasteiger partial charge in [0.15, 0.2) is 0 Å². The third-order valence-electron chi connectivity index (χ3n) is 3.65. The number of ether oxygens (including phenoxy) is 2. The molecule has 27 heavy (non-hydrogen) atoms. The largest absolute Gasteiger partial charge is 0.494 e. The van der Waals surface area contributed by atoms with Gasteiger partial charge in [-0.15, -0.1) is 11.3 Å². The molecule has 2 N–H and O–H groups in total. The molecule has 7 nitrogen and oxygen atoms in total. The highest BCUT2D eigenvalue weighted by Crippen LogP contribution is 2.24. The van der Waals surface area contributed by atoms with E-state index in [1.807, 2.05) is 0 Å². The molecular weight excluding hydrogens is 368 g/mol. The Labute approximate surface area is 161 Å². The Morgan fingerprint density at radius 2 is 1.93 bits per heavy atom. The van der Waals surface area contributed by atoms with Gasteiger partial charge < -0.3 is 14.8 Å². The highest BCUT2D eigenvalue weighted by atomic mass is 32.1. The zero-order valence-corrected chi connectivity index (χ0v) is 16.1. The molecule has 0 saturated carbocycles. The number of nitrogens with one attached hydrogen (secondary N) is 2. The van der Waals surface area contributed by atoms with Crippen molar-refractivity contribution in [1.29, 1.82) is 0 Å². The number of anilines is 1. The van der Waals surface area contributed by atoms with Crippen LogP contribution in [0.25, 0.3) is 0 Å². The molecular formula is C19H22N2O5S. The molecule has 0 spiro atoms. The number of hydrogen-bond donors (Lipinski definition) is 2. The van der Waals surface area contributed by atoms with Gasteiger partial charge in [-0.3, -0.25) is 14.9 Å². The molecule has 144 valence electrons. The second-order valence-electron chi connectivity index (χ2n) is 5.65. The second-order valence-corrected chi connectivity index (χ2v) is 6.56. The van der Waals surface area contributed by atoms with E-state index in [0.717, 1.165) is 26.4 Å². The van der Waals surface area contributed by atoms with Gasteiger partial charge in [0.05, 0.1) is 19.3 Å². The Balaban J connectivity index is 2.02. The van der Waals surface area contributed by atoms with Gasteiger partial charge in [-0.2, -0.15) is 0 Å². The Kier molecular flexibility index (Phi) is 7.81. The van der Waals surface area contributed by atoms with Gasteiger partial charge >= 0.3 is 6.09 Å². The average molecular weight is 390 g/mol. The number of carbonyl (C=O) groups is 3. The van der Waals surface area contributed by atoms with Gasteiger partial charge in [0, 0.05) is 5.56 Å². The number of amides is 3. The van der Waals surface area contributed by atoms with Crippen molar-refractivity contribution in [2.75, 3.05) is 19.0 Å². The Morgan fingerprint density at radius 1 is 1.11 bits per heavy atom. The molecule has 1 aromatic carbocycles. The number of carbonyl (C=O) groups excluding carboxylic acids is 3. The lowest BCUT2D eigenvalue weighted by molar-refractivity contribution is 0.0938. The fraction of sp³-hybridized carbons (Fsp3) is 0.316. The van der Waals surface area contributed by atoms with E-state index >= 15 is 0 Å². The molecule has 0 bridgehead atoms. The van der Waals surface area contributed by atoms with Crippen molar-refractivity contribution < 1.29 is 23.9 Å². The van der Waals surface area contributed by atoms with Crippen LogP contribution in [0.3, 0.4) is 0 Å². The van der Waals surface area contributed by atoms with Crippen LogP contribution < -0.4 is 15.4 Å². The summed E-state index contributed by atoms with van der Waals surface area (Å²) in [6.07, 6.45) is 2.30. The third-order valence-corrected chi connectivity index (χ3v) is 4.48. The van der Waals surface area contributed by atoms with Crippen molar-refractivity contribution in [3.8, 4) is 5.75 Å². The number of hydrogen-bond acceptors (Lipinski definition) is 6. The predicted octanol–water partition coefficient (Wildman–Crippen LogP) is 4.07. The molecule has 0 fully saturated rings. The summed E-state index contributed by atoms with van der Waals surface area (Å²) in [4.78, 5) is 35.8. The average Bonchev–Trinajstić information content (AvgIpc) is 3.13. The zero-order valence-electron chi connectivity index (χ0n) is 15.2. The molecule has 2 rings (SSSR count). The molecule has 1 heterocycles. The molecule has 0 unspecified atom stereocenters. The number of imide groups is 1. The number of thiophene rings is 1. The van der Waals surface area contributed by atoms with Crippen LogP contribution in [0.2, 0.25) is 0 Å². The van der Waals surface area contributed by atoms with Crippen LogP contribution in [-0.4, -0.2) is 31.6 Å². The summed E-state index contributed by atoms with van der Waals surface area (Å²) in [7, 11) is 1.16. The van der Waals surface area contributed by atoms with Crippen LogP contribution in [0.15, 0.2) is 35.7 Å². The molecule has 0 atom stereocenters. The molecule has 3 amide bonds. The molecule has 0 saturated heterocycles. The van der Waals surface area contributed by atoms with Crippen LogP contribution in [0.4, 0.5) is 9.80 Å². The van der Waals surface area contributed by atoms with Gasteiger partial charge in [-0.25, -0.2) is 4.79 Å². The maximum atomic E-state index is 12.5. The topological polar surface area (TPSA) is 93.7 Å². The minimum Gasteiger partial charge on any atom is -0.494 e. The van der Waals surface area contributed by atoms with Gasteiger partial charge in [0.25, 0.3) is 11.8 Å². The molecule has 0 aliphatic rings. The van der Waals surface area contributed by atoms with Crippen LogP contribution in [0.5, 0.6) is 5.75 Å². The van der Waals surface area contributed by atoms with Crippen LogP contribution in [-0.2, 0) is 4.74 Å². The molecule has 0 radical (unpaired) electrons. The van der Waals surface area contributed by atoms with E-state index in [0.29, 0.717) is 22.9 Å². The summed E-state index contributed by atoms with van der Waals surface area (Å²) in [5, 5.41) is 6.75. The van der Waals surface area contributed by atoms with E-state index < -0.39 is 12.0 Å². The quantitative estimate of drug-likeness (QED) is 0.663. The minimum atomic E-state index is -0.864. The Hall–Kier alpha value is -2.87. The van der Waals surface area contributed by atoms with Crippen molar-refractivity contribution in [3.63, 3.8) is 0 Å². The molecule has 2 aromatic rings. The number of benzene rings is 1. The maximum Gasteiger partial charge on any atom is 0.413 e. The first-order chi connectivity index (χ1) is 13.0. The summed E-state index contributed by atoms with van der Waals surface area (Å²) >= 11 is 1.18. The second kappa shape index (κ2) is 10.3. The number of alkyl carbamates (subject to hydrolysis) is 1. The summed E-state index contributed by atoms with van der Waals surface area (Å²) in [6.45, 7) is 2.72. The van der Waals surface area contributed by atoms with E-state index in [4.69, 9.17) is 4.74 Å². The maximum absolute atomic E-state index is 12.5. The third kappa shape index (κ3) is 6.10. The van der Waals surface area contributed by atoms with Crippen molar-refractivity contribution in [3.05, 3.63) is 46.8 Å². The summed E-state index contributed by atoms with van der Waals surface area (Å²) in [6, 6.07) is 8.37. The zero-order chi connectivity index (χ0) is 19.6. The summed E-state index contributed by atoms with van der Waals surface area (Å²) in [5.41, 5.74) is 0.599. The van der Waals surface area contributed by atoms with E-state index in [2.05, 4.69) is 22.3 Å². The van der Waals surface area contributed by atoms with Gasteiger partial charge in [0.1, 0.15) is 10.8 Å². The standard InChI is InChI=1S/C19H22N2O5S/c1-3-4-5-10-26-14-8-6-7-13(12-14)16(22)20-18-15(9-11-27-18)17(23)21-19(24)25-2/h6-9,11-12H,3-5,10H2,1-2H3,(H,20,22)(H,21,23,24). The van der Waals surface area contributed by atoms with E-state index in [1.54, 1.807) is 29.6 Å². The first kappa shape index (κ1) is 20.4. The summed E-state index contributed by atoms with van der Waals surface area (Å²) in [5.74, 6) is -0.399. The lowest BCUT2D eigenvalue weighted by Gasteiger charge is -2.09. The molecule has 0 aliphatic heterocycles. The fourth-order valence-electron chi connectivity index (χ4n) is 2.24. The Bertz CT molecular complexity index is 803. The van der Waals surface area contributed by atoms with Crippen molar-refractivity contribution >= 4 is 34.2 Å². The highest BCUT2D eigenvalue weighted by Gasteiger charge is 2.18. The minimum absolute atomic E-state index is 0.186. The number of unbranched alkanes of at least 4 members (excludes halogenated alkanes) is 2. The van der Waals surface area contributed by atoms with Crippen LogP contribution >= 0.6 is 11.3 Å². The van der Waals surface area contributed by atoms with Crippen molar-refractivity contribution in [2.24, 2.45) is 0 Å². The van der Waals surface area contributed by atoms with Crippen LogP contribution in [0, 0.1) is 0 Å². The monoisotopic (exact) mass is 390 g/mol. The van der Waals surface area contributed by atoms with Crippen molar-refractivity contribution in [1.82, 2.24) is 5.32 Å². The van der Waals surface area contributed by atoms with E-state index in [9.17, 15) is 14.4 Å². The summed E-state index contributed by atoms with van der Waals surface area (Å²) < 4.78 is 10.1. The molecule has 0 aliphatic carbocycles. The van der Waals surface area contributed by atoms with Crippen molar-refractivity contribution in [2.45, 2.75) is 26.2 Å². The molecule has 8 heteroatoms. The predicted molar refractivity (Wildman–Crippen MR) is 104 cm³/mol. The van der Waals surface area contributed by atoms with Gasteiger partial charge in [0.2, 0.25) is 0 Å². The number of methoxy groups -OCH3 is 1. The van der Waals surface area contributed by atoms with E-state index in [-0.39, 0.29) is 11.5 Å². The molecule has 1 aromatic heterocycles. The van der Waals surface area contributed by atoms with Gasteiger partial charge in [-0.05, 0) is 36.1 Å². The Morgan fingerprint density at radius 3 is 2.67 bits per heavy atom. The fourth-order valence-corrected chi connectivity index (χ4v) is 3.02. The van der Waals surface area contributed by atoms with Gasteiger partial charge in [-0.1, -0.05) is 25.8 Å².